The number of terminal acetylenes is 1. The summed E-state index contributed by atoms with van der Waals surface area (Å²) in [5.74, 6) is 3.04. The molecule has 0 radical (unpaired) electrons. The normalized spacial score (nSPS) is 21.1. The standard InChI is InChI=1S/C18H22N2O3/c1-2-10-20(15-5-3-4-6-15)18(21)14-7-9-19-17(12-14)23-16-8-11-22-13-16/h1,7,9,12,15-16H,3-6,8,10-11,13H2/t16-/m0/s1. The number of nitrogens with zero attached hydrogens (tertiary/aromatic N) is 2. The van der Waals surface area contributed by atoms with Gasteiger partial charge in [0, 0.05) is 30.3 Å². The van der Waals surface area contributed by atoms with Crippen molar-refractivity contribution in [1.29, 1.82) is 0 Å². The molecule has 122 valence electrons. The molecule has 1 aromatic rings. The van der Waals surface area contributed by atoms with Gasteiger partial charge >= 0.3 is 0 Å². The molecule has 2 fully saturated rings. The molecule has 0 spiro atoms. The van der Waals surface area contributed by atoms with Crippen molar-refractivity contribution >= 4 is 5.91 Å². The van der Waals surface area contributed by atoms with Crippen LogP contribution < -0.4 is 4.74 Å². The Morgan fingerprint density at radius 2 is 2.26 bits per heavy atom. The van der Waals surface area contributed by atoms with Gasteiger partial charge < -0.3 is 14.4 Å². The van der Waals surface area contributed by atoms with Gasteiger partial charge in [-0.1, -0.05) is 18.8 Å². The summed E-state index contributed by atoms with van der Waals surface area (Å²) in [5, 5.41) is 0. The van der Waals surface area contributed by atoms with E-state index in [1.807, 2.05) is 4.90 Å². The molecule has 0 unspecified atom stereocenters. The Morgan fingerprint density at radius 1 is 1.43 bits per heavy atom. The van der Waals surface area contributed by atoms with E-state index in [1.165, 1.54) is 0 Å². The van der Waals surface area contributed by atoms with Crippen LogP contribution in [0, 0.1) is 12.3 Å². The molecule has 1 atom stereocenters. The van der Waals surface area contributed by atoms with Gasteiger partial charge in [0.2, 0.25) is 5.88 Å². The summed E-state index contributed by atoms with van der Waals surface area (Å²) in [6.45, 7) is 1.63. The van der Waals surface area contributed by atoms with Gasteiger partial charge in [0.05, 0.1) is 19.8 Å². The van der Waals surface area contributed by atoms with Crippen LogP contribution in [0.1, 0.15) is 42.5 Å². The minimum atomic E-state index is -0.0372. The SMILES string of the molecule is C#CCN(C(=O)c1ccnc(O[C@H]2CCOC2)c1)C1CCCC1. The van der Waals surface area contributed by atoms with Crippen LogP contribution in [-0.2, 0) is 4.74 Å². The second-order valence-electron chi connectivity index (χ2n) is 6.06. The summed E-state index contributed by atoms with van der Waals surface area (Å²) in [6.07, 6.45) is 12.3. The predicted octanol–water partition coefficient (Wildman–Crippen LogP) is 2.27. The summed E-state index contributed by atoms with van der Waals surface area (Å²) >= 11 is 0. The molecule has 23 heavy (non-hydrogen) atoms. The average molecular weight is 314 g/mol. The molecule has 2 aliphatic rings. The largest absolute Gasteiger partial charge is 0.472 e. The third-order valence-corrected chi connectivity index (χ3v) is 4.45. The van der Waals surface area contributed by atoms with Gasteiger partial charge in [0.1, 0.15) is 6.10 Å². The van der Waals surface area contributed by atoms with E-state index in [-0.39, 0.29) is 18.1 Å². The van der Waals surface area contributed by atoms with Crippen LogP contribution in [0.25, 0.3) is 0 Å². The lowest BCUT2D eigenvalue weighted by Gasteiger charge is -2.27. The minimum absolute atomic E-state index is 0.0181. The van der Waals surface area contributed by atoms with E-state index in [4.69, 9.17) is 15.9 Å². The van der Waals surface area contributed by atoms with E-state index in [0.717, 1.165) is 32.1 Å². The molecule has 1 aliphatic carbocycles. The molecule has 5 nitrogen and oxygen atoms in total. The Balaban J connectivity index is 1.73. The molecule has 0 bridgehead atoms. The fourth-order valence-electron chi connectivity index (χ4n) is 3.23. The Morgan fingerprint density at radius 3 is 2.96 bits per heavy atom. The van der Waals surface area contributed by atoms with E-state index in [2.05, 4.69) is 10.9 Å². The molecule has 5 heteroatoms. The third-order valence-electron chi connectivity index (χ3n) is 4.45. The molecule has 1 saturated heterocycles. The van der Waals surface area contributed by atoms with Crippen molar-refractivity contribution in [3.63, 3.8) is 0 Å². The molecule has 3 rings (SSSR count). The van der Waals surface area contributed by atoms with Crippen molar-refractivity contribution in [2.24, 2.45) is 0 Å². The van der Waals surface area contributed by atoms with Gasteiger partial charge in [-0.25, -0.2) is 4.98 Å². The van der Waals surface area contributed by atoms with Crippen molar-refractivity contribution in [2.75, 3.05) is 19.8 Å². The first-order chi connectivity index (χ1) is 11.3. The van der Waals surface area contributed by atoms with Crippen LogP contribution in [0.5, 0.6) is 5.88 Å². The number of carbonyl (C=O) groups excluding carboxylic acids is 1. The summed E-state index contributed by atoms with van der Waals surface area (Å²) < 4.78 is 11.1. The van der Waals surface area contributed by atoms with Gasteiger partial charge in [-0.2, -0.15) is 0 Å². The van der Waals surface area contributed by atoms with Gasteiger partial charge in [0.25, 0.3) is 5.91 Å². The number of pyridine rings is 1. The molecule has 1 aromatic heterocycles. The van der Waals surface area contributed by atoms with Crippen LogP contribution >= 0.6 is 0 Å². The molecule has 2 heterocycles. The zero-order chi connectivity index (χ0) is 16.1. The summed E-state index contributed by atoms with van der Waals surface area (Å²) in [4.78, 5) is 18.8. The number of amides is 1. The van der Waals surface area contributed by atoms with Gasteiger partial charge in [-0.15, -0.1) is 6.42 Å². The molecular weight excluding hydrogens is 292 g/mol. The first-order valence-electron chi connectivity index (χ1n) is 8.23. The maximum Gasteiger partial charge on any atom is 0.255 e. The number of hydrogen-bond acceptors (Lipinski definition) is 4. The summed E-state index contributed by atoms with van der Waals surface area (Å²) in [7, 11) is 0. The van der Waals surface area contributed by atoms with Crippen LogP contribution in [0.15, 0.2) is 18.3 Å². The van der Waals surface area contributed by atoms with Crippen LogP contribution in [0.3, 0.4) is 0 Å². The fraction of sp³-hybridized carbons (Fsp3) is 0.556. The molecule has 0 N–H and O–H groups in total. The second kappa shape index (κ2) is 7.47. The maximum absolute atomic E-state index is 12.8. The predicted molar refractivity (Wildman–Crippen MR) is 86.2 cm³/mol. The molecular formula is C18H22N2O3. The van der Waals surface area contributed by atoms with Gasteiger partial charge in [0.15, 0.2) is 0 Å². The minimum Gasteiger partial charge on any atom is -0.472 e. The van der Waals surface area contributed by atoms with Crippen LogP contribution in [0.4, 0.5) is 0 Å². The average Bonchev–Trinajstić information content (AvgIpc) is 3.26. The van der Waals surface area contributed by atoms with Gasteiger partial charge in [-0.3, -0.25) is 4.79 Å². The Labute approximate surface area is 137 Å². The Kier molecular flexibility index (Phi) is 5.14. The molecule has 0 aromatic carbocycles. The first kappa shape index (κ1) is 15.8. The van der Waals surface area contributed by atoms with Crippen LogP contribution in [-0.4, -0.2) is 47.7 Å². The quantitative estimate of drug-likeness (QED) is 0.782. The highest BCUT2D eigenvalue weighted by atomic mass is 16.5. The lowest BCUT2D eigenvalue weighted by Crippen LogP contribution is -2.39. The number of hydrogen-bond donors (Lipinski definition) is 0. The number of ether oxygens (including phenoxy) is 2. The highest BCUT2D eigenvalue weighted by Gasteiger charge is 2.27. The number of aromatic nitrogens is 1. The molecule has 1 amide bonds. The van der Waals surface area contributed by atoms with Gasteiger partial charge in [-0.05, 0) is 18.9 Å². The Hall–Kier alpha value is -2.06. The number of carbonyl (C=O) groups is 1. The lowest BCUT2D eigenvalue weighted by atomic mass is 10.1. The Bertz CT molecular complexity index is 584. The van der Waals surface area contributed by atoms with Crippen molar-refractivity contribution in [3.8, 4) is 18.2 Å². The monoisotopic (exact) mass is 314 g/mol. The summed E-state index contributed by atoms with van der Waals surface area (Å²) in [5.41, 5.74) is 0.580. The molecule has 1 aliphatic heterocycles. The fourth-order valence-corrected chi connectivity index (χ4v) is 3.23. The molecule has 1 saturated carbocycles. The van der Waals surface area contributed by atoms with E-state index in [1.54, 1.807) is 18.3 Å². The van der Waals surface area contributed by atoms with Crippen molar-refractivity contribution in [1.82, 2.24) is 9.88 Å². The highest BCUT2D eigenvalue weighted by Crippen LogP contribution is 2.25. The van der Waals surface area contributed by atoms with E-state index in [0.29, 0.717) is 31.2 Å². The van der Waals surface area contributed by atoms with E-state index in [9.17, 15) is 4.79 Å². The highest BCUT2D eigenvalue weighted by molar-refractivity contribution is 5.94. The van der Waals surface area contributed by atoms with E-state index < -0.39 is 0 Å². The first-order valence-corrected chi connectivity index (χ1v) is 8.23. The third kappa shape index (κ3) is 3.83. The smallest absolute Gasteiger partial charge is 0.255 e. The zero-order valence-corrected chi connectivity index (χ0v) is 13.2. The second-order valence-corrected chi connectivity index (χ2v) is 6.06. The number of rotatable bonds is 5. The maximum atomic E-state index is 12.8. The van der Waals surface area contributed by atoms with Crippen LogP contribution in [0.2, 0.25) is 0 Å². The topological polar surface area (TPSA) is 51.7 Å². The van der Waals surface area contributed by atoms with Crippen molar-refractivity contribution in [2.45, 2.75) is 44.2 Å². The van der Waals surface area contributed by atoms with Crippen molar-refractivity contribution < 1.29 is 14.3 Å². The lowest BCUT2D eigenvalue weighted by molar-refractivity contribution is 0.0709. The summed E-state index contributed by atoms with van der Waals surface area (Å²) in [6, 6.07) is 3.68. The van der Waals surface area contributed by atoms with Crippen molar-refractivity contribution in [3.05, 3.63) is 23.9 Å². The zero-order valence-electron chi connectivity index (χ0n) is 13.2. The van der Waals surface area contributed by atoms with E-state index >= 15 is 0 Å².